The molecule has 5 nitrogen and oxygen atoms in total. The van der Waals surface area contributed by atoms with Gasteiger partial charge in [0.1, 0.15) is 5.75 Å². The molecule has 94 valence electrons. The van der Waals surface area contributed by atoms with Gasteiger partial charge in [-0.05, 0) is 18.2 Å². The molecule has 0 aliphatic heterocycles. The van der Waals surface area contributed by atoms with Gasteiger partial charge in [-0.15, -0.1) is 5.10 Å². The Kier molecular flexibility index (Phi) is 3.74. The molecule has 2 rings (SSSR count). The highest BCUT2D eigenvalue weighted by atomic mass is 16.5. The number of nitrogens with two attached hydrogens (primary N) is 1. The Bertz CT molecular complexity index is 530. The third kappa shape index (κ3) is 2.41. The highest BCUT2D eigenvalue weighted by molar-refractivity contribution is 5.63. The number of nitrogens with zero attached hydrogens (tertiary/aromatic N) is 3. The highest BCUT2D eigenvalue weighted by Gasteiger charge is 2.10. The van der Waals surface area contributed by atoms with E-state index in [1.807, 2.05) is 42.3 Å². The second-order valence-corrected chi connectivity index (χ2v) is 3.84. The summed E-state index contributed by atoms with van der Waals surface area (Å²) >= 11 is 0. The minimum absolute atomic E-state index is 0.430. The minimum Gasteiger partial charge on any atom is -0.497 e. The fourth-order valence-corrected chi connectivity index (χ4v) is 1.73. The van der Waals surface area contributed by atoms with Gasteiger partial charge in [-0.2, -0.15) is 5.10 Å². The zero-order valence-corrected chi connectivity index (χ0v) is 10.5. The average molecular weight is 244 g/mol. The molecule has 0 bridgehead atoms. The summed E-state index contributed by atoms with van der Waals surface area (Å²) in [5, 5.41) is 8.04. The van der Waals surface area contributed by atoms with Gasteiger partial charge < -0.3 is 15.4 Å². The van der Waals surface area contributed by atoms with E-state index in [0.29, 0.717) is 6.54 Å². The van der Waals surface area contributed by atoms with Gasteiger partial charge in [0.15, 0.2) is 5.82 Å². The Morgan fingerprint density at radius 1 is 1.33 bits per heavy atom. The summed E-state index contributed by atoms with van der Waals surface area (Å²) in [6.45, 7) is 0.430. The maximum atomic E-state index is 5.70. The topological polar surface area (TPSA) is 64.3 Å². The van der Waals surface area contributed by atoms with E-state index >= 15 is 0 Å². The Morgan fingerprint density at radius 2 is 2.17 bits per heavy atom. The lowest BCUT2D eigenvalue weighted by Gasteiger charge is -2.20. The predicted molar refractivity (Wildman–Crippen MR) is 71.0 cm³/mol. The minimum atomic E-state index is 0.430. The number of hydrogen-bond donors (Lipinski definition) is 1. The molecule has 0 saturated carbocycles. The van der Waals surface area contributed by atoms with Crippen molar-refractivity contribution in [1.29, 1.82) is 0 Å². The van der Waals surface area contributed by atoms with Crippen LogP contribution in [0.3, 0.4) is 0 Å². The molecule has 18 heavy (non-hydrogen) atoms. The molecule has 1 aromatic carbocycles. The van der Waals surface area contributed by atoms with Gasteiger partial charge in [-0.3, -0.25) is 0 Å². The van der Waals surface area contributed by atoms with E-state index < -0.39 is 0 Å². The summed E-state index contributed by atoms with van der Waals surface area (Å²) in [4.78, 5) is 1.94. The van der Waals surface area contributed by atoms with Gasteiger partial charge in [-0.1, -0.05) is 6.07 Å². The lowest BCUT2D eigenvalue weighted by atomic mass is 10.2. The molecule has 2 aromatic rings. The van der Waals surface area contributed by atoms with Crippen LogP contribution in [0.4, 0.5) is 11.5 Å². The van der Waals surface area contributed by atoms with Crippen LogP contribution in [0.5, 0.6) is 5.75 Å². The summed E-state index contributed by atoms with van der Waals surface area (Å²) < 4.78 is 5.21. The van der Waals surface area contributed by atoms with Crippen molar-refractivity contribution in [2.45, 2.75) is 6.54 Å². The Labute approximate surface area is 106 Å². The van der Waals surface area contributed by atoms with Crippen LogP contribution in [0.25, 0.3) is 0 Å². The third-order valence-corrected chi connectivity index (χ3v) is 2.76. The maximum absolute atomic E-state index is 5.70. The molecule has 1 heterocycles. The number of ether oxygens (including phenoxy) is 1. The second-order valence-electron chi connectivity index (χ2n) is 3.84. The molecule has 0 spiro atoms. The Balaban J connectivity index is 2.37. The fraction of sp³-hybridized carbons (Fsp3) is 0.231. The number of rotatable bonds is 4. The van der Waals surface area contributed by atoms with Crippen LogP contribution in [-0.4, -0.2) is 24.4 Å². The Hall–Kier alpha value is -2.14. The largest absolute Gasteiger partial charge is 0.497 e. The summed E-state index contributed by atoms with van der Waals surface area (Å²) in [5.41, 5.74) is 7.63. The molecule has 2 N–H and O–H groups in total. The third-order valence-electron chi connectivity index (χ3n) is 2.76. The molecule has 1 aromatic heterocycles. The lowest BCUT2D eigenvalue weighted by Crippen LogP contribution is -2.15. The van der Waals surface area contributed by atoms with Gasteiger partial charge in [0.2, 0.25) is 0 Å². The van der Waals surface area contributed by atoms with E-state index in [-0.39, 0.29) is 0 Å². The van der Waals surface area contributed by atoms with Crippen molar-refractivity contribution >= 4 is 11.5 Å². The number of methoxy groups -OCH3 is 1. The van der Waals surface area contributed by atoms with Crippen LogP contribution in [-0.2, 0) is 6.54 Å². The van der Waals surface area contributed by atoms with E-state index in [0.717, 1.165) is 22.8 Å². The smallest absolute Gasteiger partial charge is 0.159 e. The Morgan fingerprint density at radius 3 is 2.89 bits per heavy atom. The molecule has 0 aliphatic carbocycles. The number of aromatic nitrogens is 2. The fourth-order valence-electron chi connectivity index (χ4n) is 1.73. The molecular weight excluding hydrogens is 228 g/mol. The first-order valence-corrected chi connectivity index (χ1v) is 5.64. The van der Waals surface area contributed by atoms with Gasteiger partial charge >= 0.3 is 0 Å². The monoisotopic (exact) mass is 244 g/mol. The molecule has 0 radical (unpaired) electrons. The zero-order chi connectivity index (χ0) is 13.0. The first-order chi connectivity index (χ1) is 8.76. The summed E-state index contributed by atoms with van der Waals surface area (Å²) in [5.74, 6) is 1.56. The molecule has 0 aliphatic rings. The predicted octanol–water partition coefficient (Wildman–Crippen LogP) is 1.71. The highest BCUT2D eigenvalue weighted by Crippen LogP contribution is 2.26. The van der Waals surface area contributed by atoms with Crippen molar-refractivity contribution in [2.75, 3.05) is 19.1 Å². The number of anilines is 2. The number of benzene rings is 1. The van der Waals surface area contributed by atoms with Crippen LogP contribution in [0.2, 0.25) is 0 Å². The van der Waals surface area contributed by atoms with Crippen LogP contribution in [0.1, 0.15) is 5.56 Å². The van der Waals surface area contributed by atoms with E-state index in [4.69, 9.17) is 10.5 Å². The van der Waals surface area contributed by atoms with Gasteiger partial charge in [0.25, 0.3) is 0 Å². The van der Waals surface area contributed by atoms with Crippen LogP contribution in [0.15, 0.2) is 36.5 Å². The summed E-state index contributed by atoms with van der Waals surface area (Å²) in [7, 11) is 3.57. The van der Waals surface area contributed by atoms with Gasteiger partial charge in [0, 0.05) is 30.9 Å². The van der Waals surface area contributed by atoms with E-state index in [9.17, 15) is 0 Å². The van der Waals surface area contributed by atoms with Crippen LogP contribution < -0.4 is 15.4 Å². The average Bonchev–Trinajstić information content (AvgIpc) is 2.46. The molecule has 0 amide bonds. The lowest BCUT2D eigenvalue weighted by molar-refractivity contribution is 0.415. The second kappa shape index (κ2) is 5.46. The van der Waals surface area contributed by atoms with Crippen molar-refractivity contribution in [3.8, 4) is 5.75 Å². The number of hydrogen-bond acceptors (Lipinski definition) is 5. The van der Waals surface area contributed by atoms with Crippen molar-refractivity contribution in [3.05, 3.63) is 42.1 Å². The molecule has 0 unspecified atom stereocenters. The molecular formula is C13H16N4O. The van der Waals surface area contributed by atoms with Crippen molar-refractivity contribution < 1.29 is 4.74 Å². The summed E-state index contributed by atoms with van der Waals surface area (Å²) in [6.07, 6.45) is 1.64. The standard InChI is InChI=1S/C13H16N4O/c1-17(11-4-3-5-12(8-11)18-2)13-10(9-14)6-7-15-16-13/h3-8H,9,14H2,1-2H3. The van der Waals surface area contributed by atoms with Crippen molar-refractivity contribution in [2.24, 2.45) is 5.73 Å². The SMILES string of the molecule is COc1cccc(N(C)c2nnccc2CN)c1. The van der Waals surface area contributed by atoms with E-state index in [1.54, 1.807) is 13.3 Å². The zero-order valence-electron chi connectivity index (χ0n) is 10.5. The van der Waals surface area contributed by atoms with E-state index in [1.165, 1.54) is 0 Å². The normalized spacial score (nSPS) is 10.2. The first-order valence-electron chi connectivity index (χ1n) is 5.64. The van der Waals surface area contributed by atoms with E-state index in [2.05, 4.69) is 10.2 Å². The molecule has 0 atom stereocenters. The first kappa shape index (κ1) is 12.3. The van der Waals surface area contributed by atoms with Gasteiger partial charge in [-0.25, -0.2) is 0 Å². The van der Waals surface area contributed by atoms with Crippen molar-refractivity contribution in [3.63, 3.8) is 0 Å². The molecule has 0 fully saturated rings. The summed E-state index contributed by atoms with van der Waals surface area (Å²) in [6, 6.07) is 9.63. The maximum Gasteiger partial charge on any atom is 0.159 e. The molecule has 0 saturated heterocycles. The van der Waals surface area contributed by atoms with Crippen LogP contribution in [0, 0.1) is 0 Å². The van der Waals surface area contributed by atoms with Crippen molar-refractivity contribution in [1.82, 2.24) is 10.2 Å². The molecule has 5 heteroatoms. The van der Waals surface area contributed by atoms with Crippen LogP contribution >= 0.6 is 0 Å². The quantitative estimate of drug-likeness (QED) is 0.887. The van der Waals surface area contributed by atoms with Gasteiger partial charge in [0.05, 0.1) is 13.3 Å².